The van der Waals surface area contributed by atoms with Crippen LogP contribution in [0.1, 0.15) is 20.1 Å². The number of aliphatic carboxylic acids is 1. The smallest absolute Gasteiger partial charge is 0.328 e. The molecule has 0 saturated heterocycles. The molecule has 116 valence electrons. The Labute approximate surface area is 127 Å². The third-order valence-corrected chi connectivity index (χ3v) is 4.80. The SMILES string of the molecule is Cc1cc(C(=O)N(C)CCS(C)(=O)=O)sc1/C=C/C(=O)O. The van der Waals surface area contributed by atoms with Gasteiger partial charge in [0.1, 0.15) is 9.84 Å². The summed E-state index contributed by atoms with van der Waals surface area (Å²) in [6.07, 6.45) is 3.57. The molecule has 0 spiro atoms. The highest BCUT2D eigenvalue weighted by molar-refractivity contribution is 7.90. The molecule has 1 heterocycles. The van der Waals surface area contributed by atoms with Gasteiger partial charge in [-0.15, -0.1) is 11.3 Å². The average molecular weight is 331 g/mol. The van der Waals surface area contributed by atoms with E-state index in [1.165, 1.54) is 29.4 Å². The van der Waals surface area contributed by atoms with E-state index in [2.05, 4.69) is 0 Å². The number of rotatable bonds is 6. The van der Waals surface area contributed by atoms with Gasteiger partial charge >= 0.3 is 5.97 Å². The Balaban J connectivity index is 2.83. The summed E-state index contributed by atoms with van der Waals surface area (Å²) in [4.78, 5) is 25.2. The van der Waals surface area contributed by atoms with Gasteiger partial charge in [-0.2, -0.15) is 0 Å². The number of sulfone groups is 1. The van der Waals surface area contributed by atoms with Crippen LogP contribution in [0.4, 0.5) is 0 Å². The van der Waals surface area contributed by atoms with Crippen LogP contribution in [-0.4, -0.2) is 55.9 Å². The number of carboxylic acid groups (broad SMARTS) is 1. The largest absolute Gasteiger partial charge is 0.478 e. The first-order valence-electron chi connectivity index (χ1n) is 6.05. The number of nitrogens with zero attached hydrogens (tertiary/aromatic N) is 1. The fraction of sp³-hybridized carbons (Fsp3) is 0.385. The Kier molecular flexibility index (Phi) is 5.68. The van der Waals surface area contributed by atoms with Crippen molar-refractivity contribution in [3.8, 4) is 0 Å². The number of carboxylic acids is 1. The molecule has 0 aromatic carbocycles. The van der Waals surface area contributed by atoms with Crippen molar-refractivity contribution in [3.05, 3.63) is 27.5 Å². The summed E-state index contributed by atoms with van der Waals surface area (Å²) >= 11 is 1.18. The minimum Gasteiger partial charge on any atom is -0.478 e. The molecule has 0 aliphatic heterocycles. The zero-order chi connectivity index (χ0) is 16.2. The van der Waals surface area contributed by atoms with Crippen LogP contribution in [0.25, 0.3) is 6.08 Å². The van der Waals surface area contributed by atoms with Gasteiger partial charge < -0.3 is 10.0 Å². The number of carbonyl (C=O) groups is 2. The van der Waals surface area contributed by atoms with E-state index in [0.717, 1.165) is 17.9 Å². The van der Waals surface area contributed by atoms with Crippen molar-refractivity contribution in [2.24, 2.45) is 0 Å². The predicted octanol–water partition coefficient (Wildman–Crippen LogP) is 1.27. The van der Waals surface area contributed by atoms with Gasteiger partial charge in [0.15, 0.2) is 0 Å². The number of aryl methyl sites for hydroxylation is 1. The molecule has 1 amide bonds. The third kappa shape index (κ3) is 5.68. The first-order chi connectivity index (χ1) is 9.60. The maximum atomic E-state index is 12.2. The summed E-state index contributed by atoms with van der Waals surface area (Å²) in [5, 5.41) is 8.60. The Bertz CT molecular complexity index is 673. The lowest BCUT2D eigenvalue weighted by molar-refractivity contribution is -0.131. The van der Waals surface area contributed by atoms with E-state index in [1.807, 2.05) is 0 Å². The highest BCUT2D eigenvalue weighted by Gasteiger charge is 2.17. The van der Waals surface area contributed by atoms with Crippen molar-refractivity contribution in [1.29, 1.82) is 0 Å². The van der Waals surface area contributed by atoms with Gasteiger partial charge in [-0.25, -0.2) is 13.2 Å². The Morgan fingerprint density at radius 2 is 2.05 bits per heavy atom. The predicted molar refractivity (Wildman–Crippen MR) is 82.4 cm³/mol. The topological polar surface area (TPSA) is 91.8 Å². The fourth-order valence-electron chi connectivity index (χ4n) is 1.51. The lowest BCUT2D eigenvalue weighted by Gasteiger charge is -2.15. The molecule has 0 unspecified atom stereocenters. The van der Waals surface area contributed by atoms with E-state index in [-0.39, 0.29) is 18.2 Å². The normalized spacial score (nSPS) is 11.8. The molecule has 6 nitrogen and oxygen atoms in total. The van der Waals surface area contributed by atoms with Gasteiger partial charge in [-0.1, -0.05) is 0 Å². The second-order valence-electron chi connectivity index (χ2n) is 4.69. The quantitative estimate of drug-likeness (QED) is 0.793. The molecule has 0 fully saturated rings. The van der Waals surface area contributed by atoms with Crippen LogP contribution in [0.2, 0.25) is 0 Å². The van der Waals surface area contributed by atoms with E-state index in [9.17, 15) is 18.0 Å². The molecule has 0 atom stereocenters. The van der Waals surface area contributed by atoms with E-state index >= 15 is 0 Å². The zero-order valence-electron chi connectivity index (χ0n) is 12.0. The Morgan fingerprint density at radius 1 is 1.43 bits per heavy atom. The molecule has 1 aromatic heterocycles. The first-order valence-corrected chi connectivity index (χ1v) is 8.92. The molecule has 0 saturated carbocycles. The highest BCUT2D eigenvalue weighted by atomic mass is 32.2. The molecule has 0 aliphatic carbocycles. The van der Waals surface area contributed by atoms with Crippen LogP contribution in [-0.2, 0) is 14.6 Å². The molecule has 21 heavy (non-hydrogen) atoms. The second-order valence-corrected chi connectivity index (χ2v) is 8.03. The van der Waals surface area contributed by atoms with E-state index < -0.39 is 15.8 Å². The summed E-state index contributed by atoms with van der Waals surface area (Å²) < 4.78 is 22.2. The molecule has 1 rings (SSSR count). The summed E-state index contributed by atoms with van der Waals surface area (Å²) in [7, 11) is -1.59. The standard InChI is InChI=1S/C13H17NO5S2/c1-9-8-11(20-10(9)4-5-12(15)16)13(17)14(2)6-7-21(3,18)19/h4-5,8H,6-7H2,1-3H3,(H,15,16)/b5-4+. The van der Waals surface area contributed by atoms with Gasteiger partial charge in [0.25, 0.3) is 5.91 Å². The number of carbonyl (C=O) groups excluding carboxylic acids is 1. The molecule has 0 radical (unpaired) electrons. The van der Waals surface area contributed by atoms with Crippen LogP contribution >= 0.6 is 11.3 Å². The average Bonchev–Trinajstić information content (AvgIpc) is 2.73. The molecule has 1 N–H and O–H groups in total. The fourth-order valence-corrected chi connectivity index (χ4v) is 3.18. The second kappa shape index (κ2) is 6.86. The molecule has 1 aromatic rings. The summed E-state index contributed by atoms with van der Waals surface area (Å²) in [6.45, 7) is 1.90. The number of hydrogen-bond acceptors (Lipinski definition) is 5. The van der Waals surface area contributed by atoms with Crippen LogP contribution in [0.3, 0.4) is 0 Å². The third-order valence-electron chi connectivity index (χ3n) is 2.69. The van der Waals surface area contributed by atoms with E-state index in [1.54, 1.807) is 13.0 Å². The molecular weight excluding hydrogens is 314 g/mol. The Hall–Kier alpha value is -1.67. The van der Waals surface area contributed by atoms with Crippen LogP contribution in [0.5, 0.6) is 0 Å². The lowest BCUT2D eigenvalue weighted by Crippen LogP contribution is -2.30. The summed E-state index contributed by atoms with van der Waals surface area (Å²) in [5.41, 5.74) is 0.803. The summed E-state index contributed by atoms with van der Waals surface area (Å²) in [6, 6.07) is 1.67. The van der Waals surface area contributed by atoms with Gasteiger partial charge in [0, 0.05) is 30.8 Å². The highest BCUT2D eigenvalue weighted by Crippen LogP contribution is 2.24. The lowest BCUT2D eigenvalue weighted by atomic mass is 10.2. The van der Waals surface area contributed by atoms with Crippen molar-refractivity contribution in [3.63, 3.8) is 0 Å². The van der Waals surface area contributed by atoms with Crippen molar-refractivity contribution >= 4 is 39.1 Å². The number of thiophene rings is 1. The number of amides is 1. The Morgan fingerprint density at radius 3 is 2.57 bits per heavy atom. The van der Waals surface area contributed by atoms with Crippen molar-refractivity contribution in [2.45, 2.75) is 6.92 Å². The zero-order valence-corrected chi connectivity index (χ0v) is 13.6. The van der Waals surface area contributed by atoms with Gasteiger partial charge in [0.2, 0.25) is 0 Å². The van der Waals surface area contributed by atoms with Gasteiger partial charge in [-0.05, 0) is 24.6 Å². The van der Waals surface area contributed by atoms with E-state index in [4.69, 9.17) is 5.11 Å². The van der Waals surface area contributed by atoms with Crippen molar-refractivity contribution < 1.29 is 23.1 Å². The molecule has 8 heteroatoms. The van der Waals surface area contributed by atoms with Crippen LogP contribution in [0.15, 0.2) is 12.1 Å². The van der Waals surface area contributed by atoms with E-state index in [0.29, 0.717) is 9.75 Å². The van der Waals surface area contributed by atoms with Gasteiger partial charge in [0.05, 0.1) is 10.6 Å². The summed E-state index contributed by atoms with van der Waals surface area (Å²) in [5.74, 6) is -1.42. The molecular formula is C13H17NO5S2. The monoisotopic (exact) mass is 331 g/mol. The van der Waals surface area contributed by atoms with Gasteiger partial charge in [-0.3, -0.25) is 4.79 Å². The minimum atomic E-state index is -3.12. The van der Waals surface area contributed by atoms with Crippen LogP contribution < -0.4 is 0 Å². The first kappa shape index (κ1) is 17.4. The molecule has 0 aliphatic rings. The van der Waals surface area contributed by atoms with Crippen molar-refractivity contribution in [2.75, 3.05) is 25.6 Å². The minimum absolute atomic E-state index is 0.0919. The van der Waals surface area contributed by atoms with Crippen molar-refractivity contribution in [1.82, 2.24) is 4.90 Å². The maximum absolute atomic E-state index is 12.2. The van der Waals surface area contributed by atoms with Crippen LogP contribution in [0, 0.1) is 6.92 Å². The molecule has 0 bridgehead atoms. The number of hydrogen-bond donors (Lipinski definition) is 1. The maximum Gasteiger partial charge on any atom is 0.328 e.